The van der Waals surface area contributed by atoms with Crippen LogP contribution in [-0.4, -0.2) is 31.1 Å². The maximum Gasteiger partial charge on any atom is 0.150 e. The van der Waals surface area contributed by atoms with E-state index in [1.807, 2.05) is 79.8 Å². The normalized spacial score (nSPS) is 10.1. The van der Waals surface area contributed by atoms with Crippen molar-refractivity contribution in [1.82, 2.24) is 9.97 Å². The average molecular weight is 458 g/mol. The topological polar surface area (TPSA) is 76.1 Å². The summed E-state index contributed by atoms with van der Waals surface area (Å²) in [5, 5.41) is 7.33. The van der Waals surface area contributed by atoms with Gasteiger partial charge in [-0.1, -0.05) is 17.6 Å². The standard InChI is InChI=1S/C16H11BN2O.C12H12N2O/c17-12-3-6-15-14(9-12)16(7-8-18-15)19-13-4-1-11(10-20)2-5-13;1-13-10-2-4-11(5-3-10)15-12-6-8-14-9-7-12/h1-10H,(H,18,19);2-9,13H,1H3. The third-order valence-corrected chi connectivity index (χ3v) is 5.12. The molecule has 0 aliphatic rings. The maximum absolute atomic E-state index is 10.6. The van der Waals surface area contributed by atoms with Gasteiger partial charge in [0.05, 0.1) is 5.52 Å². The number of ether oxygens (including phenoxy) is 1. The molecule has 0 fully saturated rings. The summed E-state index contributed by atoms with van der Waals surface area (Å²) >= 11 is 0. The fourth-order valence-corrected chi connectivity index (χ4v) is 3.31. The van der Waals surface area contributed by atoms with Gasteiger partial charge >= 0.3 is 0 Å². The summed E-state index contributed by atoms with van der Waals surface area (Å²) in [5.41, 5.74) is 5.14. The van der Waals surface area contributed by atoms with E-state index in [9.17, 15) is 4.79 Å². The lowest BCUT2D eigenvalue weighted by Crippen LogP contribution is -2.02. The Balaban J connectivity index is 0.000000172. The van der Waals surface area contributed by atoms with Crippen LogP contribution in [0.1, 0.15) is 10.4 Å². The summed E-state index contributed by atoms with van der Waals surface area (Å²) in [4.78, 5) is 18.9. The van der Waals surface area contributed by atoms with Crippen LogP contribution in [0.3, 0.4) is 0 Å². The maximum atomic E-state index is 10.6. The lowest BCUT2D eigenvalue weighted by Gasteiger charge is -2.10. The van der Waals surface area contributed by atoms with Gasteiger partial charge < -0.3 is 15.4 Å². The number of aldehydes is 1. The number of carbonyl (C=O) groups excluding carboxylic acids is 1. The average Bonchev–Trinajstić information content (AvgIpc) is 2.91. The summed E-state index contributed by atoms with van der Waals surface area (Å²) in [6.07, 6.45) is 5.99. The van der Waals surface area contributed by atoms with Gasteiger partial charge in [0.1, 0.15) is 25.6 Å². The van der Waals surface area contributed by atoms with Gasteiger partial charge in [-0.05, 0) is 72.8 Å². The SMILES string of the molecule is CNc1ccc(Oc2ccncc2)cc1.[B]c1ccc2nccc(Nc3ccc(C=O)cc3)c2c1. The molecule has 0 unspecified atom stereocenters. The zero-order chi connectivity index (χ0) is 24.5. The fourth-order valence-electron chi connectivity index (χ4n) is 3.31. The second kappa shape index (κ2) is 11.5. The molecule has 0 atom stereocenters. The molecule has 5 rings (SSSR count). The molecule has 0 amide bonds. The van der Waals surface area contributed by atoms with Crippen LogP contribution < -0.4 is 20.8 Å². The first-order valence-corrected chi connectivity index (χ1v) is 11.0. The van der Waals surface area contributed by atoms with Crippen molar-refractivity contribution in [3.63, 3.8) is 0 Å². The van der Waals surface area contributed by atoms with Crippen LogP contribution in [0.2, 0.25) is 0 Å². The molecule has 2 aromatic heterocycles. The number of carbonyl (C=O) groups is 1. The third-order valence-electron chi connectivity index (χ3n) is 5.12. The molecule has 0 saturated carbocycles. The minimum Gasteiger partial charge on any atom is -0.457 e. The van der Waals surface area contributed by atoms with E-state index in [0.717, 1.165) is 45.8 Å². The Kier molecular flexibility index (Phi) is 7.71. The van der Waals surface area contributed by atoms with Crippen LogP contribution >= 0.6 is 0 Å². The third kappa shape index (κ3) is 6.45. The lowest BCUT2D eigenvalue weighted by molar-refractivity contribution is 0.112. The summed E-state index contributed by atoms with van der Waals surface area (Å²) in [6.45, 7) is 0. The molecular weight excluding hydrogens is 435 g/mol. The molecule has 2 radical (unpaired) electrons. The molecule has 6 nitrogen and oxygen atoms in total. The monoisotopic (exact) mass is 458 g/mol. The predicted octanol–water partition coefficient (Wildman–Crippen LogP) is 5.50. The van der Waals surface area contributed by atoms with Crippen LogP contribution in [-0.2, 0) is 0 Å². The van der Waals surface area contributed by atoms with E-state index in [0.29, 0.717) is 11.0 Å². The first-order chi connectivity index (χ1) is 17.1. The second-order valence-electron chi connectivity index (χ2n) is 7.56. The Morgan fingerprint density at radius 1 is 0.800 bits per heavy atom. The molecule has 0 spiro atoms. The Hall–Kier alpha value is -4.65. The van der Waals surface area contributed by atoms with E-state index in [1.165, 1.54) is 0 Å². The molecule has 2 heterocycles. The second-order valence-corrected chi connectivity index (χ2v) is 7.56. The largest absolute Gasteiger partial charge is 0.457 e. The molecule has 35 heavy (non-hydrogen) atoms. The van der Waals surface area contributed by atoms with Crippen LogP contribution in [0.25, 0.3) is 10.9 Å². The highest BCUT2D eigenvalue weighted by atomic mass is 16.5. The van der Waals surface area contributed by atoms with Gasteiger partial charge in [-0.2, -0.15) is 0 Å². The molecule has 2 N–H and O–H groups in total. The van der Waals surface area contributed by atoms with Gasteiger partial charge in [0.15, 0.2) is 0 Å². The first kappa shape index (κ1) is 23.5. The number of anilines is 3. The summed E-state index contributed by atoms with van der Waals surface area (Å²) < 4.78 is 5.61. The summed E-state index contributed by atoms with van der Waals surface area (Å²) in [5.74, 6) is 1.61. The van der Waals surface area contributed by atoms with Crippen molar-refractivity contribution < 1.29 is 9.53 Å². The Bertz CT molecular complexity index is 1390. The highest BCUT2D eigenvalue weighted by molar-refractivity contribution is 6.33. The van der Waals surface area contributed by atoms with Crippen molar-refractivity contribution in [2.75, 3.05) is 17.7 Å². The molecule has 3 aromatic carbocycles. The first-order valence-electron chi connectivity index (χ1n) is 11.0. The van der Waals surface area contributed by atoms with Crippen molar-refractivity contribution in [3.8, 4) is 11.5 Å². The van der Waals surface area contributed by atoms with Crippen molar-refractivity contribution in [2.24, 2.45) is 0 Å². The van der Waals surface area contributed by atoms with E-state index in [2.05, 4.69) is 20.6 Å². The molecule has 0 bridgehead atoms. The number of fused-ring (bicyclic) bond motifs is 1. The van der Waals surface area contributed by atoms with Crippen molar-refractivity contribution in [2.45, 2.75) is 0 Å². The summed E-state index contributed by atoms with van der Waals surface area (Å²) in [7, 11) is 7.72. The quantitative estimate of drug-likeness (QED) is 0.259. The van der Waals surface area contributed by atoms with Crippen LogP contribution in [0.15, 0.2) is 104 Å². The Morgan fingerprint density at radius 3 is 2.17 bits per heavy atom. The number of benzene rings is 3. The molecular formula is C28H23BN4O2. The zero-order valence-corrected chi connectivity index (χ0v) is 19.2. The van der Waals surface area contributed by atoms with Crippen LogP contribution in [0, 0.1) is 0 Å². The van der Waals surface area contributed by atoms with Crippen molar-refractivity contribution in [3.05, 3.63) is 109 Å². The van der Waals surface area contributed by atoms with Gasteiger partial charge in [-0.3, -0.25) is 14.8 Å². The fraction of sp³-hybridized carbons (Fsp3) is 0.0357. The number of nitrogens with zero attached hydrogens (tertiary/aromatic N) is 2. The number of aromatic nitrogens is 2. The van der Waals surface area contributed by atoms with Gasteiger partial charge in [0, 0.05) is 53.7 Å². The van der Waals surface area contributed by atoms with E-state index in [4.69, 9.17) is 12.6 Å². The van der Waals surface area contributed by atoms with E-state index < -0.39 is 0 Å². The minimum atomic E-state index is 0.652. The number of rotatable bonds is 6. The van der Waals surface area contributed by atoms with E-state index in [-0.39, 0.29) is 0 Å². The highest BCUT2D eigenvalue weighted by Crippen LogP contribution is 2.24. The van der Waals surface area contributed by atoms with E-state index >= 15 is 0 Å². The molecule has 0 aliphatic heterocycles. The Morgan fingerprint density at radius 2 is 1.49 bits per heavy atom. The van der Waals surface area contributed by atoms with Gasteiger partial charge in [-0.15, -0.1) is 0 Å². The highest BCUT2D eigenvalue weighted by Gasteiger charge is 2.03. The molecule has 5 aromatic rings. The smallest absolute Gasteiger partial charge is 0.150 e. The Labute approximate surface area is 205 Å². The zero-order valence-electron chi connectivity index (χ0n) is 19.2. The molecule has 170 valence electrons. The lowest BCUT2D eigenvalue weighted by atomic mass is 9.94. The molecule has 0 aliphatic carbocycles. The summed E-state index contributed by atoms with van der Waals surface area (Å²) in [6, 6.07) is 26.2. The van der Waals surface area contributed by atoms with Gasteiger partial charge in [-0.25, -0.2) is 0 Å². The molecule has 7 heteroatoms. The van der Waals surface area contributed by atoms with Gasteiger partial charge in [0.25, 0.3) is 0 Å². The minimum absolute atomic E-state index is 0.652. The van der Waals surface area contributed by atoms with E-state index in [1.54, 1.807) is 30.7 Å². The van der Waals surface area contributed by atoms with Gasteiger partial charge in [0.2, 0.25) is 0 Å². The van der Waals surface area contributed by atoms with Crippen molar-refractivity contribution in [1.29, 1.82) is 0 Å². The number of nitrogens with one attached hydrogen (secondary N) is 2. The van der Waals surface area contributed by atoms with Crippen molar-refractivity contribution >= 4 is 47.6 Å². The molecule has 0 saturated heterocycles. The van der Waals surface area contributed by atoms with Crippen LogP contribution in [0.4, 0.5) is 17.1 Å². The number of hydrogen-bond acceptors (Lipinski definition) is 6. The number of hydrogen-bond donors (Lipinski definition) is 2. The predicted molar refractivity (Wildman–Crippen MR) is 143 cm³/mol. The number of pyridine rings is 2. The van der Waals surface area contributed by atoms with Crippen LogP contribution in [0.5, 0.6) is 11.5 Å².